The predicted octanol–water partition coefficient (Wildman–Crippen LogP) is 1.85. The molecule has 0 saturated carbocycles. The SMILES string of the molecule is Cc1ccc2ccc(=O)n(C)c2c1. The number of hydrogen-bond donors (Lipinski definition) is 0. The third-order valence-corrected chi connectivity index (χ3v) is 2.28. The molecule has 0 atom stereocenters. The quantitative estimate of drug-likeness (QED) is 0.596. The average molecular weight is 173 g/mol. The highest BCUT2D eigenvalue weighted by Gasteiger charge is 1.97. The lowest BCUT2D eigenvalue weighted by Crippen LogP contribution is -2.14. The number of aromatic nitrogens is 1. The Bertz CT molecular complexity index is 511. The fourth-order valence-electron chi connectivity index (χ4n) is 1.48. The van der Waals surface area contributed by atoms with Crippen molar-refractivity contribution in [2.24, 2.45) is 7.05 Å². The van der Waals surface area contributed by atoms with Gasteiger partial charge >= 0.3 is 0 Å². The van der Waals surface area contributed by atoms with Crippen molar-refractivity contribution in [3.05, 3.63) is 46.2 Å². The average Bonchev–Trinajstić information content (AvgIpc) is 2.12. The van der Waals surface area contributed by atoms with Crippen LogP contribution in [0.2, 0.25) is 0 Å². The summed E-state index contributed by atoms with van der Waals surface area (Å²) >= 11 is 0. The van der Waals surface area contributed by atoms with Crippen LogP contribution in [0.4, 0.5) is 0 Å². The Kier molecular flexibility index (Phi) is 1.69. The van der Waals surface area contributed by atoms with Crippen LogP contribution in [0.1, 0.15) is 5.56 Å². The van der Waals surface area contributed by atoms with Crippen LogP contribution in [-0.2, 0) is 7.05 Å². The van der Waals surface area contributed by atoms with E-state index in [9.17, 15) is 4.79 Å². The van der Waals surface area contributed by atoms with Gasteiger partial charge in [0.1, 0.15) is 0 Å². The normalized spacial score (nSPS) is 10.6. The van der Waals surface area contributed by atoms with Crippen molar-refractivity contribution < 1.29 is 0 Å². The fourth-order valence-corrected chi connectivity index (χ4v) is 1.48. The summed E-state index contributed by atoms with van der Waals surface area (Å²) in [5.74, 6) is 0. The second-order valence-electron chi connectivity index (χ2n) is 3.29. The standard InChI is InChI=1S/C11H11NO/c1-8-3-4-9-5-6-11(13)12(2)10(9)7-8/h3-7H,1-2H3. The number of fused-ring (bicyclic) bond motifs is 1. The molecule has 2 aromatic rings. The molecule has 0 saturated heterocycles. The molecule has 0 aliphatic rings. The Morgan fingerprint density at radius 1 is 1.15 bits per heavy atom. The van der Waals surface area contributed by atoms with Crippen molar-refractivity contribution in [2.45, 2.75) is 6.92 Å². The van der Waals surface area contributed by atoms with Gasteiger partial charge in [0, 0.05) is 13.1 Å². The Morgan fingerprint density at radius 2 is 1.85 bits per heavy atom. The number of rotatable bonds is 0. The molecule has 0 bridgehead atoms. The number of benzene rings is 1. The van der Waals surface area contributed by atoms with E-state index >= 15 is 0 Å². The molecular formula is C11H11NO. The van der Waals surface area contributed by atoms with E-state index in [4.69, 9.17) is 0 Å². The summed E-state index contributed by atoms with van der Waals surface area (Å²) in [6.45, 7) is 2.02. The van der Waals surface area contributed by atoms with Gasteiger partial charge in [-0.1, -0.05) is 12.1 Å². The molecule has 1 aromatic carbocycles. The fraction of sp³-hybridized carbons (Fsp3) is 0.182. The highest BCUT2D eigenvalue weighted by Crippen LogP contribution is 2.12. The van der Waals surface area contributed by atoms with Crippen LogP contribution in [0.25, 0.3) is 10.9 Å². The van der Waals surface area contributed by atoms with Gasteiger partial charge in [0.2, 0.25) is 0 Å². The monoisotopic (exact) mass is 173 g/mol. The summed E-state index contributed by atoms with van der Waals surface area (Å²) in [6, 6.07) is 9.56. The number of nitrogens with zero attached hydrogens (tertiary/aromatic N) is 1. The Labute approximate surface area is 76.4 Å². The first kappa shape index (κ1) is 8.05. The summed E-state index contributed by atoms with van der Waals surface area (Å²) in [6.07, 6.45) is 0. The third kappa shape index (κ3) is 1.24. The summed E-state index contributed by atoms with van der Waals surface area (Å²) in [7, 11) is 1.80. The van der Waals surface area contributed by atoms with Crippen molar-refractivity contribution in [1.82, 2.24) is 4.57 Å². The maximum atomic E-state index is 11.3. The van der Waals surface area contributed by atoms with Crippen LogP contribution in [0.15, 0.2) is 35.1 Å². The van der Waals surface area contributed by atoms with Gasteiger partial charge in [-0.05, 0) is 30.0 Å². The van der Waals surface area contributed by atoms with Crippen molar-refractivity contribution in [3.8, 4) is 0 Å². The molecular weight excluding hydrogens is 162 g/mol. The molecule has 1 aromatic heterocycles. The van der Waals surface area contributed by atoms with Gasteiger partial charge in [0.15, 0.2) is 0 Å². The van der Waals surface area contributed by atoms with Gasteiger partial charge < -0.3 is 4.57 Å². The van der Waals surface area contributed by atoms with Crippen LogP contribution in [0, 0.1) is 6.92 Å². The van der Waals surface area contributed by atoms with Crippen LogP contribution in [0.3, 0.4) is 0 Å². The molecule has 0 unspecified atom stereocenters. The van der Waals surface area contributed by atoms with Gasteiger partial charge in [0.05, 0.1) is 5.52 Å². The van der Waals surface area contributed by atoms with E-state index in [0.29, 0.717) is 0 Å². The maximum absolute atomic E-state index is 11.3. The van der Waals surface area contributed by atoms with Gasteiger partial charge in [-0.3, -0.25) is 4.79 Å². The zero-order chi connectivity index (χ0) is 9.42. The Hall–Kier alpha value is -1.57. The van der Waals surface area contributed by atoms with E-state index in [1.54, 1.807) is 17.7 Å². The maximum Gasteiger partial charge on any atom is 0.250 e. The molecule has 0 aliphatic carbocycles. The molecule has 0 amide bonds. The minimum atomic E-state index is 0.0399. The smallest absolute Gasteiger partial charge is 0.250 e. The zero-order valence-electron chi connectivity index (χ0n) is 7.74. The molecule has 13 heavy (non-hydrogen) atoms. The molecule has 0 N–H and O–H groups in total. The zero-order valence-corrected chi connectivity index (χ0v) is 7.74. The predicted molar refractivity (Wildman–Crippen MR) is 53.9 cm³/mol. The van der Waals surface area contributed by atoms with Gasteiger partial charge in [-0.25, -0.2) is 0 Å². The van der Waals surface area contributed by atoms with Gasteiger partial charge in [-0.2, -0.15) is 0 Å². The van der Waals surface area contributed by atoms with Crippen molar-refractivity contribution >= 4 is 10.9 Å². The van der Waals surface area contributed by atoms with E-state index in [-0.39, 0.29) is 5.56 Å². The lowest BCUT2D eigenvalue weighted by molar-refractivity contribution is 0.905. The van der Waals surface area contributed by atoms with E-state index in [0.717, 1.165) is 10.9 Å². The van der Waals surface area contributed by atoms with Crippen LogP contribution in [-0.4, -0.2) is 4.57 Å². The molecule has 0 fully saturated rings. The number of pyridine rings is 1. The molecule has 0 radical (unpaired) electrons. The molecule has 0 aliphatic heterocycles. The summed E-state index contributed by atoms with van der Waals surface area (Å²) in [5.41, 5.74) is 2.21. The van der Waals surface area contributed by atoms with Crippen molar-refractivity contribution in [3.63, 3.8) is 0 Å². The first-order valence-electron chi connectivity index (χ1n) is 4.25. The molecule has 2 heteroatoms. The second-order valence-corrected chi connectivity index (χ2v) is 3.29. The molecule has 2 nitrogen and oxygen atoms in total. The molecule has 1 heterocycles. The molecule has 66 valence electrons. The van der Waals surface area contributed by atoms with E-state index in [1.165, 1.54) is 5.56 Å². The number of hydrogen-bond acceptors (Lipinski definition) is 1. The Balaban J connectivity index is 2.97. The summed E-state index contributed by atoms with van der Waals surface area (Å²) in [4.78, 5) is 11.3. The molecule has 0 spiro atoms. The summed E-state index contributed by atoms with van der Waals surface area (Å²) < 4.78 is 1.67. The topological polar surface area (TPSA) is 22.0 Å². The van der Waals surface area contributed by atoms with E-state index < -0.39 is 0 Å². The van der Waals surface area contributed by atoms with Gasteiger partial charge in [-0.15, -0.1) is 0 Å². The highest BCUT2D eigenvalue weighted by molar-refractivity contribution is 5.79. The first-order chi connectivity index (χ1) is 6.18. The summed E-state index contributed by atoms with van der Waals surface area (Å²) in [5, 5.41) is 1.10. The lowest BCUT2D eigenvalue weighted by Gasteiger charge is -2.04. The largest absolute Gasteiger partial charge is 0.311 e. The highest BCUT2D eigenvalue weighted by atomic mass is 16.1. The third-order valence-electron chi connectivity index (χ3n) is 2.28. The van der Waals surface area contributed by atoms with Crippen LogP contribution in [0.5, 0.6) is 0 Å². The Morgan fingerprint density at radius 3 is 2.62 bits per heavy atom. The first-order valence-corrected chi connectivity index (χ1v) is 4.25. The minimum absolute atomic E-state index is 0.0399. The van der Waals surface area contributed by atoms with Crippen molar-refractivity contribution in [2.75, 3.05) is 0 Å². The van der Waals surface area contributed by atoms with Crippen molar-refractivity contribution in [1.29, 1.82) is 0 Å². The lowest BCUT2D eigenvalue weighted by atomic mass is 10.1. The molecule has 2 rings (SSSR count). The minimum Gasteiger partial charge on any atom is -0.311 e. The number of aryl methyl sites for hydroxylation is 2. The second kappa shape index (κ2) is 2.73. The van der Waals surface area contributed by atoms with Crippen LogP contribution < -0.4 is 5.56 Å². The van der Waals surface area contributed by atoms with Gasteiger partial charge in [0.25, 0.3) is 5.56 Å². The van der Waals surface area contributed by atoms with E-state index in [1.807, 2.05) is 31.2 Å². The van der Waals surface area contributed by atoms with Crippen LogP contribution >= 0.6 is 0 Å². The van der Waals surface area contributed by atoms with E-state index in [2.05, 4.69) is 0 Å².